The van der Waals surface area contributed by atoms with Crippen LogP contribution in [0.1, 0.15) is 92.8 Å². The van der Waals surface area contributed by atoms with Crippen LogP contribution in [-0.4, -0.2) is 164 Å². The van der Waals surface area contributed by atoms with Gasteiger partial charge in [0.15, 0.2) is 5.82 Å². The fraction of sp³-hybridized carbons (Fsp3) is 0.320. The highest BCUT2D eigenvalue weighted by Crippen LogP contribution is 2.00. The van der Waals surface area contributed by atoms with Crippen molar-refractivity contribution in [1.82, 2.24) is 141 Å². The highest BCUT2D eigenvalue weighted by molar-refractivity contribution is 7.85. The number of rotatable bonds is 0. The molecule has 0 spiro atoms. The van der Waals surface area contributed by atoms with Crippen molar-refractivity contribution in [2.75, 3.05) is 0 Å². The number of thiazole rings is 1. The van der Waals surface area contributed by atoms with Gasteiger partial charge in [0.05, 0.1) is 0 Å². The minimum absolute atomic E-state index is 0.00231. The number of oxazole rings is 1. The molecule has 0 bridgehead atoms. The van der Waals surface area contributed by atoms with E-state index in [9.17, 15) is 73.8 Å². The van der Waals surface area contributed by atoms with Crippen LogP contribution in [0.15, 0.2) is 126 Å². The number of hydroxylamine groups is 2. The molecule has 0 aliphatic carbocycles. The number of aryl methyl sites for hydroxylation is 13. The fourth-order valence-corrected chi connectivity index (χ4v) is 9.10. The minimum Gasteiger partial charge on any atom is -0.414 e. The molecule has 0 saturated heterocycles. The molecule has 63 heteroatoms. The molecule has 0 fully saturated rings. The highest BCUT2D eigenvalue weighted by Gasteiger charge is 2.18. The number of tetrazole rings is 1. The average Bonchev–Trinajstić information content (AvgIpc) is 1.75. The molecular formula is C50H73N31O24S8. The number of imidazole rings is 1. The molecule has 0 amide bonds. The maximum absolute atomic E-state index is 10.3. The van der Waals surface area contributed by atoms with Crippen molar-refractivity contribution < 1.29 is 56.1 Å². The Morgan fingerprint density at radius 2 is 1.21 bits per heavy atom. The molecule has 55 nitrogen and oxygen atoms in total. The quantitative estimate of drug-likeness (QED) is 0.0853. The summed E-state index contributed by atoms with van der Waals surface area (Å²) < 4.78 is 97.3. The van der Waals surface area contributed by atoms with E-state index in [1.807, 2.05) is 32.9 Å². The molecule has 0 saturated carbocycles. The van der Waals surface area contributed by atoms with Crippen LogP contribution in [0.5, 0.6) is 0 Å². The average molecular weight is 1750 g/mol. The molecule has 3 aliphatic heterocycles. The molecule has 13 aromatic heterocycles. The Labute approximate surface area is 652 Å². The van der Waals surface area contributed by atoms with E-state index in [0.717, 1.165) is 42.5 Å². The summed E-state index contributed by atoms with van der Waals surface area (Å²) in [6.07, 6.45) is 4.84. The molecule has 1 atom stereocenters. The Morgan fingerprint density at radius 1 is 0.522 bits per heavy atom. The topological polar surface area (TPSA) is 808 Å². The van der Waals surface area contributed by atoms with Crippen LogP contribution in [0, 0.1) is 94.8 Å². The van der Waals surface area contributed by atoms with Crippen molar-refractivity contribution >= 4 is 107 Å². The molecule has 16 heterocycles. The van der Waals surface area contributed by atoms with Crippen LogP contribution >= 0.6 is 58.0 Å². The molecule has 3 aliphatic rings. The Kier molecular flexibility index (Phi) is 45.3. The first-order valence-electron chi connectivity index (χ1n) is 29.8. The summed E-state index contributed by atoms with van der Waals surface area (Å²) in [7, 11) is -7.17. The van der Waals surface area contributed by atoms with Gasteiger partial charge in [-0.3, -0.25) is 47.8 Å². The normalized spacial score (nSPS) is 12.6. The smallest absolute Gasteiger partial charge is 0.414 e. The zero-order valence-corrected chi connectivity index (χ0v) is 67.9. The number of amidine groups is 2. The van der Waals surface area contributed by atoms with Crippen LogP contribution in [-0.2, 0) is 44.6 Å². The molecule has 620 valence electrons. The summed E-state index contributed by atoms with van der Waals surface area (Å²) in [5, 5.41) is 49.9. The second-order valence-corrected chi connectivity index (χ2v) is 27.7. The second kappa shape index (κ2) is 52.2. The van der Waals surface area contributed by atoms with Gasteiger partial charge in [-0.05, 0) is 107 Å². The second-order valence-electron chi connectivity index (χ2n) is 19.6. The SMILES string of the molecule is CC1=NNS(=O)(=O)O1.CC1=NS(=O)(=O)ON1.CC1=NS(=O)ON1.Cc1c[nH]c(=O)[nH]1.Cc1c[nH]c(=O)o1.Cc1c[nH]c(=O)s1.Cc1cc(=O)[nH][nH]1.Cc1cc(=O)[nH]o1.Cc1cc(=O)[nH]s1.Cc1n[nH]c(=O)[nH]1.Cc1n[nH]c(=O)o1.Cc1n[nH]c(=O)s1.Cc1n[nH]c(=S)o1.Cc1nc(=O)[nH]o1.Cc1nc(=O)[nH]s1.Cc1nn[nH]n1. The summed E-state index contributed by atoms with van der Waals surface area (Å²) in [6.45, 7) is 27.4. The molecule has 19 N–H and O–H groups in total. The van der Waals surface area contributed by atoms with Crippen molar-refractivity contribution in [3.05, 3.63) is 227 Å². The standard InChI is InChI=1S/2C4H6N2O.2C4H5NO2.2C4H5NOS.C3H5N3O.2C3H4N2O2.3C3H4N2OS.C2H4N4.2C2H4N2O3S.C2H4N2O2S/c1-3-2-5-4(7)6-3;1-3-2-4(7)6-5-3;1-3-2-5-4(6)7-3;1-3-2-4(6)5-7-3;1-3-2-5-4(6)7-3;1-3-2-4(6)5-7-3;1-2-4-3(7)6-5-2;1-2-4-5-3(6)7-2;1-2-4-3(6)5-7-2;1-2-4-5-3(6)7-2;1-2-4-5-3(7)6-2;1-2-4-3(6)5-7-2;1-2-3-5-6-4-2;1-2-3-4-8(5,6)7-2;1-2-3-7-8(5,6)4-2;1-2-3-6-7(5)4-2/h2*2H,1H3,(H2,5,6,7);4*2H,1H3,(H,5,6);1H3,(H2,4,5,6,7);3*1H3,(H,5,6);1H3,(H,5,7);1H3,(H,5,6);1H3,(H,3,4,5,6);4H,1H3;1H3,(H,3,4);1H3,(H,3,4). The first kappa shape index (κ1) is 98.1. The monoisotopic (exact) mass is 1750 g/mol. The van der Waals surface area contributed by atoms with E-state index in [-0.39, 0.29) is 55.2 Å². The number of nitrogens with one attached hydrogen (secondary N) is 19. The first-order valence-corrected chi connectivity index (χ1v) is 37.3. The summed E-state index contributed by atoms with van der Waals surface area (Å²) in [4.78, 5) is 135. The molecule has 1 unspecified atom stereocenters. The lowest BCUT2D eigenvalue weighted by Crippen LogP contribution is -2.13. The number of hydrogen-bond donors (Lipinski definition) is 19. The maximum atomic E-state index is 10.3. The van der Waals surface area contributed by atoms with Gasteiger partial charge in [-0.25, -0.2) is 64.3 Å². The van der Waals surface area contributed by atoms with E-state index in [1.165, 1.54) is 66.6 Å². The summed E-state index contributed by atoms with van der Waals surface area (Å²) in [6, 6.07) is 4.46. The number of aromatic nitrogens is 25. The van der Waals surface area contributed by atoms with Gasteiger partial charge >= 0.3 is 75.9 Å². The molecule has 16 rings (SSSR count). The number of aromatic amines is 16. The number of hydrazone groups is 1. The van der Waals surface area contributed by atoms with E-state index in [1.54, 1.807) is 92.5 Å². The van der Waals surface area contributed by atoms with E-state index in [0.29, 0.717) is 51.5 Å². The largest absolute Gasteiger partial charge is 0.434 e. The number of H-pyrrole nitrogens is 16. The maximum Gasteiger partial charge on any atom is 0.434 e. The molecule has 113 heavy (non-hydrogen) atoms. The Morgan fingerprint density at radius 3 is 1.35 bits per heavy atom. The van der Waals surface area contributed by atoms with Gasteiger partial charge < -0.3 is 46.5 Å². The van der Waals surface area contributed by atoms with Crippen LogP contribution < -0.4 is 76.5 Å². The lowest BCUT2D eigenvalue weighted by atomic mass is 10.5. The van der Waals surface area contributed by atoms with Gasteiger partial charge in [0, 0.05) is 85.6 Å². The highest BCUT2D eigenvalue weighted by atomic mass is 32.2. The van der Waals surface area contributed by atoms with Crippen molar-refractivity contribution in [2.45, 2.75) is 111 Å². The third-order valence-electron chi connectivity index (χ3n) is 9.41. The lowest BCUT2D eigenvalue weighted by Gasteiger charge is -1.88. The Balaban J connectivity index is 0.000000603. The molecular weight excluding hydrogens is 1680 g/mol. The van der Waals surface area contributed by atoms with Gasteiger partial charge in [-0.1, -0.05) is 39.4 Å². The van der Waals surface area contributed by atoms with Gasteiger partial charge in [0.2, 0.25) is 23.6 Å². The van der Waals surface area contributed by atoms with E-state index in [2.05, 4.69) is 188 Å². The van der Waals surface area contributed by atoms with Crippen molar-refractivity contribution in [1.29, 1.82) is 0 Å². The van der Waals surface area contributed by atoms with Crippen LogP contribution in [0.4, 0.5) is 0 Å². The van der Waals surface area contributed by atoms with Gasteiger partial charge in [-0.2, -0.15) is 61.6 Å². The Hall–Kier alpha value is -12.9. The van der Waals surface area contributed by atoms with Crippen LogP contribution in [0.25, 0.3) is 0 Å². The fourth-order valence-electron chi connectivity index (χ4n) is 5.30. The molecule has 13 aromatic rings. The third kappa shape index (κ3) is 52.7. The Bertz CT molecular complexity index is 4950. The van der Waals surface area contributed by atoms with Gasteiger partial charge in [0.25, 0.3) is 21.5 Å². The minimum atomic E-state index is -3.62. The molecule has 0 aromatic carbocycles. The lowest BCUT2D eigenvalue weighted by molar-refractivity contribution is 0.281. The third-order valence-corrected chi connectivity index (χ3v) is 14.6. The van der Waals surface area contributed by atoms with E-state index < -0.39 is 49.1 Å². The van der Waals surface area contributed by atoms with E-state index >= 15 is 0 Å². The van der Waals surface area contributed by atoms with Crippen LogP contribution in [0.3, 0.4) is 0 Å². The van der Waals surface area contributed by atoms with Gasteiger partial charge in [-0.15, -0.1) is 38.6 Å². The van der Waals surface area contributed by atoms with E-state index in [4.69, 9.17) is 4.42 Å². The number of nitrogens with zero attached hydrogens (tertiary/aromatic N) is 12. The summed E-state index contributed by atoms with van der Waals surface area (Å²) in [5.41, 5.74) is 4.80. The first-order chi connectivity index (χ1) is 52.8. The number of hydrogen-bond acceptors (Lipinski definition) is 41. The van der Waals surface area contributed by atoms with Crippen molar-refractivity contribution in [2.24, 2.45) is 13.9 Å². The molecule has 0 radical (unpaired) electrons. The predicted octanol–water partition coefficient (Wildman–Crippen LogP) is -0.470. The van der Waals surface area contributed by atoms with Gasteiger partial charge in [0.1, 0.15) is 39.0 Å². The summed E-state index contributed by atoms with van der Waals surface area (Å²) in [5.74, 6) is 3.86. The summed E-state index contributed by atoms with van der Waals surface area (Å²) >= 11 is 8.05. The van der Waals surface area contributed by atoms with Crippen molar-refractivity contribution in [3.8, 4) is 0 Å². The zero-order valence-electron chi connectivity index (χ0n) is 61.4. The van der Waals surface area contributed by atoms with Crippen LogP contribution in [0.2, 0.25) is 0 Å². The predicted molar refractivity (Wildman–Crippen MR) is 406 cm³/mol. The zero-order chi connectivity index (χ0) is 85.4. The van der Waals surface area contributed by atoms with Crippen molar-refractivity contribution in [3.63, 3.8) is 0 Å².